The van der Waals surface area contributed by atoms with Crippen molar-refractivity contribution in [2.24, 2.45) is 5.73 Å². The fraction of sp³-hybridized carbons (Fsp3) is 0.333. The topological polar surface area (TPSA) is 29.3 Å². The molecule has 2 nitrogen and oxygen atoms in total. The summed E-state index contributed by atoms with van der Waals surface area (Å²) in [6, 6.07) is 17.3. The van der Waals surface area contributed by atoms with Gasteiger partial charge < -0.3 is 10.6 Å². The van der Waals surface area contributed by atoms with E-state index in [1.54, 1.807) is 0 Å². The Bertz CT molecular complexity index is 546. The molecule has 0 saturated heterocycles. The molecule has 2 aromatic rings. The predicted octanol–water partition coefficient (Wildman–Crippen LogP) is 4.56. The van der Waals surface area contributed by atoms with Crippen molar-refractivity contribution in [3.63, 3.8) is 0 Å². The number of nitrogens with zero attached hydrogens (tertiary/aromatic N) is 1. The van der Waals surface area contributed by atoms with Gasteiger partial charge in [0.15, 0.2) is 0 Å². The second-order valence-corrected chi connectivity index (χ2v) is 5.14. The summed E-state index contributed by atoms with van der Waals surface area (Å²) in [6.07, 6.45) is 0.967. The first-order valence-corrected chi connectivity index (χ1v) is 7.36. The number of para-hydroxylation sites is 1. The average Bonchev–Trinajstić information content (AvgIpc) is 2.50. The molecule has 2 N–H and O–H groups in total. The minimum absolute atomic E-state index is 0.137. The van der Waals surface area contributed by atoms with Gasteiger partial charge in [-0.15, -0.1) is 0 Å². The molecule has 0 bridgehead atoms. The first kappa shape index (κ1) is 14.6. The molecule has 1 unspecified atom stereocenters. The molecule has 0 amide bonds. The van der Waals surface area contributed by atoms with Crippen LogP contribution in [-0.4, -0.2) is 6.54 Å². The van der Waals surface area contributed by atoms with Gasteiger partial charge in [0, 0.05) is 24.0 Å². The zero-order chi connectivity index (χ0) is 14.5. The van der Waals surface area contributed by atoms with Crippen LogP contribution in [0, 0.1) is 6.92 Å². The maximum atomic E-state index is 6.07. The lowest BCUT2D eigenvalue weighted by Gasteiger charge is -2.25. The SMILES string of the molecule is CCC(N)c1ccc(N(CC)c2ccccc2C)cc1. The third kappa shape index (κ3) is 3.02. The van der Waals surface area contributed by atoms with Crippen LogP contribution in [0.2, 0.25) is 0 Å². The number of aryl methyl sites for hydroxylation is 1. The van der Waals surface area contributed by atoms with E-state index < -0.39 is 0 Å². The number of hydrogen-bond donors (Lipinski definition) is 1. The summed E-state index contributed by atoms with van der Waals surface area (Å²) < 4.78 is 0. The highest BCUT2D eigenvalue weighted by Gasteiger charge is 2.10. The second kappa shape index (κ2) is 6.58. The van der Waals surface area contributed by atoms with Gasteiger partial charge in [0.25, 0.3) is 0 Å². The molecule has 106 valence electrons. The number of nitrogens with two attached hydrogens (primary N) is 1. The van der Waals surface area contributed by atoms with Gasteiger partial charge in [0.1, 0.15) is 0 Å². The molecule has 0 fully saturated rings. The normalized spacial score (nSPS) is 12.2. The van der Waals surface area contributed by atoms with Crippen molar-refractivity contribution in [3.8, 4) is 0 Å². The van der Waals surface area contributed by atoms with Crippen molar-refractivity contribution in [3.05, 3.63) is 59.7 Å². The van der Waals surface area contributed by atoms with Gasteiger partial charge in [-0.05, 0) is 49.6 Å². The smallest absolute Gasteiger partial charge is 0.0440 e. The molecule has 0 aliphatic rings. The molecular weight excluding hydrogens is 244 g/mol. The first-order valence-electron chi connectivity index (χ1n) is 7.36. The summed E-state index contributed by atoms with van der Waals surface area (Å²) in [5.41, 5.74) is 11.1. The monoisotopic (exact) mass is 268 g/mol. The Morgan fingerprint density at radius 2 is 1.65 bits per heavy atom. The fourth-order valence-corrected chi connectivity index (χ4v) is 2.50. The summed E-state index contributed by atoms with van der Waals surface area (Å²) in [7, 11) is 0. The van der Waals surface area contributed by atoms with Gasteiger partial charge in [-0.3, -0.25) is 0 Å². The number of anilines is 2. The van der Waals surface area contributed by atoms with E-state index in [-0.39, 0.29) is 6.04 Å². The summed E-state index contributed by atoms with van der Waals surface area (Å²) in [4.78, 5) is 2.33. The van der Waals surface area contributed by atoms with Crippen LogP contribution in [0.3, 0.4) is 0 Å². The largest absolute Gasteiger partial charge is 0.342 e. The molecule has 0 aliphatic heterocycles. The number of hydrogen-bond acceptors (Lipinski definition) is 2. The van der Waals surface area contributed by atoms with E-state index in [1.807, 2.05) is 0 Å². The molecule has 0 aromatic heterocycles. The van der Waals surface area contributed by atoms with Gasteiger partial charge in [0.2, 0.25) is 0 Å². The van der Waals surface area contributed by atoms with Crippen LogP contribution in [-0.2, 0) is 0 Å². The zero-order valence-electron chi connectivity index (χ0n) is 12.6. The molecule has 2 rings (SSSR count). The minimum atomic E-state index is 0.137. The maximum Gasteiger partial charge on any atom is 0.0440 e. The quantitative estimate of drug-likeness (QED) is 0.861. The highest BCUT2D eigenvalue weighted by molar-refractivity contribution is 5.66. The Morgan fingerprint density at radius 3 is 2.20 bits per heavy atom. The van der Waals surface area contributed by atoms with Crippen LogP contribution in [0.1, 0.15) is 37.4 Å². The Balaban J connectivity index is 2.31. The van der Waals surface area contributed by atoms with Gasteiger partial charge in [-0.25, -0.2) is 0 Å². The van der Waals surface area contributed by atoms with Crippen molar-refractivity contribution in [1.29, 1.82) is 0 Å². The molecule has 0 spiro atoms. The summed E-state index contributed by atoms with van der Waals surface area (Å²) in [5.74, 6) is 0. The third-order valence-corrected chi connectivity index (χ3v) is 3.80. The number of rotatable bonds is 5. The highest BCUT2D eigenvalue weighted by atomic mass is 15.1. The van der Waals surface area contributed by atoms with Crippen LogP contribution in [0.5, 0.6) is 0 Å². The molecule has 0 heterocycles. The van der Waals surface area contributed by atoms with Gasteiger partial charge in [0.05, 0.1) is 0 Å². The van der Waals surface area contributed by atoms with Crippen LogP contribution in [0.25, 0.3) is 0 Å². The Labute approximate surface area is 122 Å². The Hall–Kier alpha value is -1.80. The van der Waals surface area contributed by atoms with Gasteiger partial charge in [-0.1, -0.05) is 37.3 Å². The summed E-state index contributed by atoms with van der Waals surface area (Å²) >= 11 is 0. The van der Waals surface area contributed by atoms with Crippen LogP contribution < -0.4 is 10.6 Å². The first-order chi connectivity index (χ1) is 9.67. The van der Waals surface area contributed by atoms with E-state index in [1.165, 1.54) is 22.5 Å². The van der Waals surface area contributed by atoms with E-state index >= 15 is 0 Å². The summed E-state index contributed by atoms with van der Waals surface area (Å²) in [6.45, 7) is 7.39. The molecule has 1 atom stereocenters. The lowest BCUT2D eigenvalue weighted by Crippen LogP contribution is -2.17. The lowest BCUT2D eigenvalue weighted by atomic mass is 10.0. The van der Waals surface area contributed by atoms with Crippen molar-refractivity contribution in [2.75, 3.05) is 11.4 Å². The molecule has 0 radical (unpaired) electrons. The van der Waals surface area contributed by atoms with Crippen molar-refractivity contribution in [2.45, 2.75) is 33.2 Å². The minimum Gasteiger partial charge on any atom is -0.342 e. The van der Waals surface area contributed by atoms with Gasteiger partial charge in [-0.2, -0.15) is 0 Å². The molecule has 20 heavy (non-hydrogen) atoms. The fourth-order valence-electron chi connectivity index (χ4n) is 2.50. The lowest BCUT2D eigenvalue weighted by molar-refractivity contribution is 0.698. The van der Waals surface area contributed by atoms with Crippen molar-refractivity contribution in [1.82, 2.24) is 0 Å². The molecule has 0 aliphatic carbocycles. The number of benzene rings is 2. The summed E-state index contributed by atoms with van der Waals surface area (Å²) in [5, 5.41) is 0. The highest BCUT2D eigenvalue weighted by Crippen LogP contribution is 2.28. The Kier molecular flexibility index (Phi) is 4.80. The molecule has 2 aromatic carbocycles. The van der Waals surface area contributed by atoms with Gasteiger partial charge >= 0.3 is 0 Å². The predicted molar refractivity (Wildman–Crippen MR) is 87.5 cm³/mol. The van der Waals surface area contributed by atoms with E-state index in [0.717, 1.165) is 13.0 Å². The van der Waals surface area contributed by atoms with E-state index in [2.05, 4.69) is 74.2 Å². The maximum absolute atomic E-state index is 6.07. The van der Waals surface area contributed by atoms with Crippen LogP contribution in [0.4, 0.5) is 11.4 Å². The van der Waals surface area contributed by atoms with Crippen LogP contribution in [0.15, 0.2) is 48.5 Å². The molecular formula is C18H24N2. The third-order valence-electron chi connectivity index (χ3n) is 3.80. The van der Waals surface area contributed by atoms with Crippen molar-refractivity contribution >= 4 is 11.4 Å². The van der Waals surface area contributed by atoms with E-state index in [0.29, 0.717) is 0 Å². The second-order valence-electron chi connectivity index (χ2n) is 5.14. The van der Waals surface area contributed by atoms with E-state index in [4.69, 9.17) is 5.73 Å². The zero-order valence-corrected chi connectivity index (χ0v) is 12.6. The average molecular weight is 268 g/mol. The van der Waals surface area contributed by atoms with E-state index in [9.17, 15) is 0 Å². The van der Waals surface area contributed by atoms with Crippen LogP contribution >= 0.6 is 0 Å². The van der Waals surface area contributed by atoms with Crippen molar-refractivity contribution < 1.29 is 0 Å². The molecule has 2 heteroatoms. The standard InChI is InChI=1S/C18H24N2/c1-4-17(19)15-10-12-16(13-11-15)20(5-2)18-9-7-6-8-14(18)3/h6-13,17H,4-5,19H2,1-3H3. The Morgan fingerprint density at radius 1 is 1.00 bits per heavy atom. The molecule has 0 saturated carbocycles.